The molecule has 0 fully saturated rings. The van der Waals surface area contributed by atoms with E-state index in [4.69, 9.17) is 24.1 Å². The number of hydrogen-bond acceptors (Lipinski definition) is 7. The Kier molecular flexibility index (Phi) is 3.20. The van der Waals surface area contributed by atoms with Gasteiger partial charge in [0.05, 0.1) is 17.2 Å². The minimum absolute atomic E-state index is 0.0164. The zero-order valence-corrected chi connectivity index (χ0v) is 12.3. The zero-order chi connectivity index (χ0) is 13.5. The Morgan fingerprint density at radius 3 is 3.05 bits per heavy atom. The molecule has 4 heterocycles. The summed E-state index contributed by atoms with van der Waals surface area (Å²) in [6, 6.07) is 0. The van der Waals surface area contributed by atoms with Crippen molar-refractivity contribution in [3.05, 3.63) is 21.8 Å². The normalized spacial score (nSPS) is 27.9. The predicted octanol–water partition coefficient (Wildman–Crippen LogP) is 1.93. The van der Waals surface area contributed by atoms with E-state index in [9.17, 15) is 0 Å². The number of thiophene rings is 1. The fourth-order valence-electron chi connectivity index (χ4n) is 2.47. The minimum Gasteiger partial charge on any atom is -0.489 e. The number of thioether (sulfide) groups is 1. The molecule has 3 aliphatic rings. The van der Waals surface area contributed by atoms with Crippen molar-refractivity contribution in [1.82, 2.24) is 0 Å². The van der Waals surface area contributed by atoms with Crippen LogP contribution in [0.15, 0.2) is 16.9 Å². The lowest BCUT2D eigenvalue weighted by atomic mass is 10.2. The molecule has 20 heavy (non-hydrogen) atoms. The van der Waals surface area contributed by atoms with Crippen LogP contribution in [0.5, 0.6) is 11.5 Å². The fraction of sp³-hybridized carbons (Fsp3) is 0.538. The summed E-state index contributed by atoms with van der Waals surface area (Å²) in [7, 11) is 0. The Morgan fingerprint density at radius 2 is 2.15 bits per heavy atom. The molecule has 0 bridgehead atoms. The standard InChI is InChI=1S/C13H14O5S2/c14-3-7-4-17-11-9(18-7)6-20-13(11)12-10-8(5-19-12)15-1-2-16-10/h5,7,13-14H,1-4,6H2. The summed E-state index contributed by atoms with van der Waals surface area (Å²) in [5, 5.41) is 11.3. The summed E-state index contributed by atoms with van der Waals surface area (Å²) in [6.07, 6.45) is -0.245. The van der Waals surface area contributed by atoms with Gasteiger partial charge in [-0.25, -0.2) is 0 Å². The summed E-state index contributed by atoms with van der Waals surface area (Å²) < 4.78 is 22.9. The van der Waals surface area contributed by atoms with Gasteiger partial charge in [0.25, 0.3) is 0 Å². The molecule has 0 radical (unpaired) electrons. The van der Waals surface area contributed by atoms with Crippen LogP contribution in [0.2, 0.25) is 0 Å². The maximum absolute atomic E-state index is 9.15. The molecule has 4 rings (SSSR count). The molecule has 2 atom stereocenters. The molecule has 0 amide bonds. The van der Waals surface area contributed by atoms with Gasteiger partial charge in [-0.3, -0.25) is 0 Å². The Morgan fingerprint density at radius 1 is 1.25 bits per heavy atom. The highest BCUT2D eigenvalue weighted by Gasteiger charge is 2.39. The topological polar surface area (TPSA) is 57.2 Å². The number of fused-ring (bicyclic) bond motifs is 1. The van der Waals surface area contributed by atoms with Gasteiger partial charge in [0, 0.05) is 5.38 Å². The monoisotopic (exact) mass is 314 g/mol. The van der Waals surface area contributed by atoms with Crippen LogP contribution in [0.1, 0.15) is 10.1 Å². The smallest absolute Gasteiger partial charge is 0.176 e. The molecule has 1 N–H and O–H groups in total. The molecule has 7 heteroatoms. The third-order valence-electron chi connectivity index (χ3n) is 3.40. The van der Waals surface area contributed by atoms with E-state index in [1.165, 1.54) is 0 Å². The molecule has 5 nitrogen and oxygen atoms in total. The largest absolute Gasteiger partial charge is 0.489 e. The zero-order valence-electron chi connectivity index (χ0n) is 10.7. The molecule has 1 aromatic rings. The molecule has 0 saturated heterocycles. The molecular formula is C13H14O5S2. The average Bonchev–Trinajstić information content (AvgIpc) is 3.09. The number of aliphatic hydroxyl groups is 1. The van der Waals surface area contributed by atoms with Gasteiger partial charge in [-0.1, -0.05) is 0 Å². The number of aliphatic hydroxyl groups excluding tert-OH is 1. The first-order valence-corrected chi connectivity index (χ1v) is 8.41. The molecule has 0 aliphatic carbocycles. The predicted molar refractivity (Wildman–Crippen MR) is 75.4 cm³/mol. The number of rotatable bonds is 2. The van der Waals surface area contributed by atoms with Gasteiger partial charge >= 0.3 is 0 Å². The van der Waals surface area contributed by atoms with Gasteiger partial charge in [-0.15, -0.1) is 23.1 Å². The Hall–Kier alpha value is -1.05. The lowest BCUT2D eigenvalue weighted by Gasteiger charge is -2.26. The average molecular weight is 314 g/mol. The molecule has 0 spiro atoms. The Labute approximate surface area is 124 Å². The van der Waals surface area contributed by atoms with Crippen molar-refractivity contribution in [1.29, 1.82) is 0 Å². The lowest BCUT2D eigenvalue weighted by Crippen LogP contribution is -2.28. The first kappa shape index (κ1) is 12.7. The van der Waals surface area contributed by atoms with E-state index in [-0.39, 0.29) is 18.0 Å². The van der Waals surface area contributed by atoms with E-state index in [0.717, 1.165) is 33.6 Å². The molecule has 0 saturated carbocycles. The van der Waals surface area contributed by atoms with E-state index in [0.29, 0.717) is 19.8 Å². The van der Waals surface area contributed by atoms with E-state index in [2.05, 4.69) is 0 Å². The lowest BCUT2D eigenvalue weighted by molar-refractivity contribution is -0.0292. The highest BCUT2D eigenvalue weighted by Crippen LogP contribution is 2.54. The van der Waals surface area contributed by atoms with Crippen LogP contribution >= 0.6 is 23.1 Å². The molecule has 1 aromatic heterocycles. The quantitative estimate of drug-likeness (QED) is 0.900. The Bertz CT molecular complexity index is 553. The summed E-state index contributed by atoms with van der Waals surface area (Å²) in [5.74, 6) is 4.17. The first-order valence-electron chi connectivity index (χ1n) is 6.48. The molecule has 3 aliphatic heterocycles. The van der Waals surface area contributed by atoms with E-state index in [1.54, 1.807) is 23.1 Å². The number of hydrogen-bond donors (Lipinski definition) is 1. The van der Waals surface area contributed by atoms with Crippen molar-refractivity contribution >= 4 is 23.1 Å². The second-order valence-electron chi connectivity index (χ2n) is 4.70. The van der Waals surface area contributed by atoms with Crippen LogP contribution in [-0.2, 0) is 9.47 Å². The Balaban J connectivity index is 1.64. The SMILES string of the molecule is OCC1COC2=C(CSC2c2scc3c2OCCO3)O1. The van der Waals surface area contributed by atoms with E-state index < -0.39 is 0 Å². The van der Waals surface area contributed by atoms with E-state index >= 15 is 0 Å². The summed E-state index contributed by atoms with van der Waals surface area (Å²) in [6.45, 7) is 1.57. The summed E-state index contributed by atoms with van der Waals surface area (Å²) >= 11 is 3.39. The van der Waals surface area contributed by atoms with Crippen LogP contribution in [0, 0.1) is 0 Å². The summed E-state index contributed by atoms with van der Waals surface area (Å²) in [4.78, 5) is 1.13. The highest BCUT2D eigenvalue weighted by molar-refractivity contribution is 8.00. The fourth-order valence-corrected chi connectivity index (χ4v) is 4.88. The van der Waals surface area contributed by atoms with Gasteiger partial charge in [0.15, 0.2) is 23.4 Å². The minimum atomic E-state index is -0.245. The van der Waals surface area contributed by atoms with Gasteiger partial charge in [-0.2, -0.15) is 0 Å². The van der Waals surface area contributed by atoms with Gasteiger partial charge in [0.1, 0.15) is 30.8 Å². The first-order chi connectivity index (χ1) is 9.86. The number of ether oxygens (including phenoxy) is 4. The van der Waals surface area contributed by atoms with Gasteiger partial charge < -0.3 is 24.1 Å². The summed E-state index contributed by atoms with van der Waals surface area (Å²) in [5.41, 5.74) is 0. The van der Waals surface area contributed by atoms with Crippen LogP contribution < -0.4 is 9.47 Å². The van der Waals surface area contributed by atoms with Crippen molar-refractivity contribution in [2.45, 2.75) is 11.4 Å². The highest BCUT2D eigenvalue weighted by atomic mass is 32.2. The van der Waals surface area contributed by atoms with Crippen molar-refractivity contribution in [3.63, 3.8) is 0 Å². The van der Waals surface area contributed by atoms with Crippen molar-refractivity contribution < 1.29 is 24.1 Å². The van der Waals surface area contributed by atoms with E-state index in [1.807, 2.05) is 5.38 Å². The van der Waals surface area contributed by atoms with Crippen molar-refractivity contribution in [2.24, 2.45) is 0 Å². The van der Waals surface area contributed by atoms with Gasteiger partial charge in [0.2, 0.25) is 0 Å². The maximum atomic E-state index is 9.15. The maximum Gasteiger partial charge on any atom is 0.176 e. The molecule has 2 unspecified atom stereocenters. The third kappa shape index (κ3) is 1.96. The van der Waals surface area contributed by atoms with Crippen LogP contribution in [0.4, 0.5) is 0 Å². The van der Waals surface area contributed by atoms with Crippen LogP contribution in [0.25, 0.3) is 0 Å². The second kappa shape index (κ2) is 5.05. The van der Waals surface area contributed by atoms with Gasteiger partial charge in [-0.05, 0) is 0 Å². The van der Waals surface area contributed by atoms with Crippen LogP contribution in [0.3, 0.4) is 0 Å². The molecule has 108 valence electrons. The molecule has 0 aromatic carbocycles. The van der Waals surface area contributed by atoms with Crippen molar-refractivity contribution in [3.8, 4) is 11.5 Å². The molecular weight excluding hydrogens is 300 g/mol. The second-order valence-corrected chi connectivity index (χ2v) is 6.71. The van der Waals surface area contributed by atoms with Crippen molar-refractivity contribution in [2.75, 3.05) is 32.2 Å². The van der Waals surface area contributed by atoms with Crippen LogP contribution in [-0.4, -0.2) is 43.4 Å². The third-order valence-corrected chi connectivity index (χ3v) is 5.77.